The monoisotopic (exact) mass is 380 g/mol. The van der Waals surface area contributed by atoms with E-state index >= 15 is 0 Å². The van der Waals surface area contributed by atoms with Gasteiger partial charge in [-0.1, -0.05) is 44.9 Å². The molecule has 2 heterocycles. The first-order valence-electron chi connectivity index (χ1n) is 10.9. The zero-order chi connectivity index (χ0) is 19.5. The SMILES string of the molecule is CCC/C=C1\OC(=O)C2=C[C@H]3CC[C@]21[C@@]1(OC(=O)C2=C1CCC=C2)[C@H]3CCC. The summed E-state index contributed by atoms with van der Waals surface area (Å²) in [5.74, 6) is 0.749. The fourth-order valence-corrected chi connectivity index (χ4v) is 6.57. The maximum atomic E-state index is 13.0. The molecule has 0 aromatic rings. The fraction of sp³-hybridized carbons (Fsp3) is 0.583. The molecule has 6 rings (SSSR count). The molecule has 28 heavy (non-hydrogen) atoms. The first-order valence-corrected chi connectivity index (χ1v) is 10.9. The lowest BCUT2D eigenvalue weighted by Gasteiger charge is -2.59. The van der Waals surface area contributed by atoms with Gasteiger partial charge in [-0.2, -0.15) is 0 Å². The summed E-state index contributed by atoms with van der Waals surface area (Å²) < 4.78 is 12.3. The number of allylic oxidation sites excluding steroid dienone is 3. The minimum Gasteiger partial charge on any atom is -0.449 e. The van der Waals surface area contributed by atoms with Gasteiger partial charge in [-0.15, -0.1) is 0 Å². The van der Waals surface area contributed by atoms with Gasteiger partial charge in [-0.25, -0.2) is 9.59 Å². The van der Waals surface area contributed by atoms with Crippen LogP contribution in [0.1, 0.15) is 65.2 Å². The highest BCUT2D eigenvalue weighted by Gasteiger charge is 2.75. The first-order chi connectivity index (χ1) is 13.6. The van der Waals surface area contributed by atoms with Gasteiger partial charge >= 0.3 is 11.9 Å². The van der Waals surface area contributed by atoms with Crippen LogP contribution in [0.15, 0.2) is 46.8 Å². The molecule has 1 saturated heterocycles. The fourth-order valence-electron chi connectivity index (χ4n) is 6.57. The molecule has 2 fully saturated rings. The second kappa shape index (κ2) is 6.20. The van der Waals surface area contributed by atoms with Crippen LogP contribution in [0.5, 0.6) is 0 Å². The molecule has 2 spiro atoms. The number of rotatable bonds is 4. The Balaban J connectivity index is 1.80. The molecule has 2 aliphatic heterocycles. The average Bonchev–Trinajstić information content (AvgIpc) is 3.17. The predicted molar refractivity (Wildman–Crippen MR) is 105 cm³/mol. The largest absolute Gasteiger partial charge is 0.449 e. The molecule has 0 amide bonds. The van der Waals surface area contributed by atoms with Crippen molar-refractivity contribution in [2.75, 3.05) is 0 Å². The van der Waals surface area contributed by atoms with Gasteiger partial charge in [-0.05, 0) is 56.1 Å². The standard InChI is InChI=1S/C24H28O4/c1-3-5-11-20-23-13-12-15(14-19(23)22(26)27-20)17(8-4-2)24(23)18-10-7-6-9-16(18)21(25)28-24/h6,9,11,14-15,17H,3-5,7-8,10,12-13H2,1-2H3/b20-11-/t15-,17+,23+,24-/m1/s1. The molecular weight excluding hydrogens is 352 g/mol. The van der Waals surface area contributed by atoms with Crippen molar-refractivity contribution in [2.45, 2.75) is 70.8 Å². The predicted octanol–water partition coefficient (Wildman–Crippen LogP) is 4.92. The van der Waals surface area contributed by atoms with Crippen LogP contribution in [-0.2, 0) is 19.1 Å². The van der Waals surface area contributed by atoms with Gasteiger partial charge < -0.3 is 9.47 Å². The van der Waals surface area contributed by atoms with Crippen LogP contribution in [0, 0.1) is 17.3 Å². The molecule has 0 aromatic heterocycles. The van der Waals surface area contributed by atoms with Crippen molar-refractivity contribution in [3.63, 3.8) is 0 Å². The highest BCUT2D eigenvalue weighted by molar-refractivity contribution is 6.00. The van der Waals surface area contributed by atoms with E-state index in [0.717, 1.165) is 73.8 Å². The van der Waals surface area contributed by atoms with Crippen LogP contribution in [0.3, 0.4) is 0 Å². The van der Waals surface area contributed by atoms with E-state index in [2.05, 4.69) is 32.1 Å². The van der Waals surface area contributed by atoms with Crippen molar-refractivity contribution >= 4 is 11.9 Å². The molecule has 4 heteroatoms. The van der Waals surface area contributed by atoms with Crippen molar-refractivity contribution in [1.82, 2.24) is 0 Å². The van der Waals surface area contributed by atoms with Gasteiger partial charge in [0.25, 0.3) is 0 Å². The number of hydrogen-bond donors (Lipinski definition) is 0. The summed E-state index contributed by atoms with van der Waals surface area (Å²) in [4.78, 5) is 25.9. The van der Waals surface area contributed by atoms with E-state index in [1.54, 1.807) is 0 Å². The Morgan fingerprint density at radius 3 is 2.86 bits per heavy atom. The quantitative estimate of drug-likeness (QED) is 0.650. The van der Waals surface area contributed by atoms with E-state index in [4.69, 9.17) is 9.47 Å². The summed E-state index contributed by atoms with van der Waals surface area (Å²) in [7, 11) is 0. The van der Waals surface area contributed by atoms with E-state index in [1.165, 1.54) is 0 Å². The number of hydrogen-bond acceptors (Lipinski definition) is 4. The number of carbonyl (C=O) groups is 2. The Morgan fingerprint density at radius 2 is 2.07 bits per heavy atom. The lowest BCUT2D eigenvalue weighted by molar-refractivity contribution is -0.176. The lowest BCUT2D eigenvalue weighted by Crippen LogP contribution is -2.63. The van der Waals surface area contributed by atoms with Crippen molar-refractivity contribution in [3.05, 3.63) is 46.8 Å². The minimum atomic E-state index is -0.751. The molecule has 0 N–H and O–H groups in total. The summed E-state index contributed by atoms with van der Waals surface area (Å²) in [6.07, 6.45) is 15.7. The maximum absolute atomic E-state index is 13.0. The Kier molecular flexibility index (Phi) is 3.98. The van der Waals surface area contributed by atoms with Gasteiger partial charge in [0.05, 0.1) is 11.1 Å². The minimum absolute atomic E-state index is 0.206. The lowest BCUT2D eigenvalue weighted by atomic mass is 9.45. The zero-order valence-corrected chi connectivity index (χ0v) is 16.8. The average molecular weight is 380 g/mol. The molecule has 2 bridgehead atoms. The molecule has 6 aliphatic rings. The topological polar surface area (TPSA) is 52.6 Å². The van der Waals surface area contributed by atoms with Crippen LogP contribution in [-0.4, -0.2) is 17.5 Å². The molecular formula is C24H28O4. The molecule has 0 radical (unpaired) electrons. The number of unbranched alkanes of at least 4 members (excludes halogenated alkanes) is 1. The van der Waals surface area contributed by atoms with E-state index in [9.17, 15) is 9.59 Å². The van der Waals surface area contributed by atoms with E-state index < -0.39 is 11.0 Å². The van der Waals surface area contributed by atoms with Crippen LogP contribution in [0.2, 0.25) is 0 Å². The van der Waals surface area contributed by atoms with Crippen molar-refractivity contribution < 1.29 is 19.1 Å². The third kappa shape index (κ3) is 1.96. The number of carbonyl (C=O) groups excluding carboxylic acids is 2. The third-order valence-corrected chi connectivity index (χ3v) is 7.52. The van der Waals surface area contributed by atoms with Gasteiger partial charge in [-0.3, -0.25) is 0 Å². The van der Waals surface area contributed by atoms with E-state index in [0.29, 0.717) is 0 Å². The zero-order valence-electron chi connectivity index (χ0n) is 16.8. The molecule has 4 nitrogen and oxygen atoms in total. The molecule has 0 unspecified atom stereocenters. The smallest absolute Gasteiger partial charge is 0.340 e. The first kappa shape index (κ1) is 18.0. The summed E-state index contributed by atoms with van der Waals surface area (Å²) in [6, 6.07) is 0. The van der Waals surface area contributed by atoms with Crippen LogP contribution in [0.4, 0.5) is 0 Å². The number of fused-ring (bicyclic) bond motifs is 1. The summed E-state index contributed by atoms with van der Waals surface area (Å²) in [6.45, 7) is 4.31. The summed E-state index contributed by atoms with van der Waals surface area (Å²) >= 11 is 0. The van der Waals surface area contributed by atoms with Gasteiger partial charge in [0.1, 0.15) is 11.2 Å². The van der Waals surface area contributed by atoms with Crippen molar-refractivity contribution in [2.24, 2.45) is 17.3 Å². The van der Waals surface area contributed by atoms with E-state index in [1.807, 2.05) is 6.08 Å². The summed E-state index contributed by atoms with van der Waals surface area (Å²) in [5, 5.41) is 0. The Morgan fingerprint density at radius 1 is 1.21 bits per heavy atom. The molecule has 4 aliphatic carbocycles. The Hall–Kier alpha value is -2.10. The van der Waals surface area contributed by atoms with Gasteiger partial charge in [0.2, 0.25) is 0 Å². The second-order valence-electron chi connectivity index (χ2n) is 8.79. The third-order valence-electron chi connectivity index (χ3n) is 7.52. The van der Waals surface area contributed by atoms with Crippen molar-refractivity contribution in [1.29, 1.82) is 0 Å². The highest BCUT2D eigenvalue weighted by atomic mass is 16.6. The number of cyclic esters (lactones) is 1. The highest BCUT2D eigenvalue weighted by Crippen LogP contribution is 2.71. The Bertz CT molecular complexity index is 873. The van der Waals surface area contributed by atoms with Crippen molar-refractivity contribution in [3.8, 4) is 0 Å². The maximum Gasteiger partial charge on any atom is 0.340 e. The van der Waals surface area contributed by atoms with Crippen LogP contribution in [0.25, 0.3) is 0 Å². The molecule has 4 atom stereocenters. The molecule has 148 valence electrons. The number of esters is 2. The van der Waals surface area contributed by atoms with Crippen LogP contribution >= 0.6 is 0 Å². The number of ether oxygens (including phenoxy) is 2. The van der Waals surface area contributed by atoms with Crippen LogP contribution < -0.4 is 0 Å². The molecule has 1 saturated carbocycles. The Labute approximate surface area is 166 Å². The normalized spacial score (nSPS) is 39.4. The summed E-state index contributed by atoms with van der Waals surface area (Å²) in [5.41, 5.74) is 1.21. The van der Waals surface area contributed by atoms with Gasteiger partial charge in [0.15, 0.2) is 5.60 Å². The second-order valence-corrected chi connectivity index (χ2v) is 8.79. The van der Waals surface area contributed by atoms with E-state index in [-0.39, 0.29) is 23.8 Å². The molecule has 0 aromatic carbocycles. The van der Waals surface area contributed by atoms with Gasteiger partial charge in [0, 0.05) is 5.92 Å².